The zero-order valence-corrected chi connectivity index (χ0v) is 14.6. The van der Waals surface area contributed by atoms with Gasteiger partial charge in [0.15, 0.2) is 11.5 Å². The molecule has 0 spiro atoms. The first-order chi connectivity index (χ1) is 12.2. The summed E-state index contributed by atoms with van der Waals surface area (Å²) in [6, 6.07) is 7.21. The van der Waals surface area contributed by atoms with Crippen molar-refractivity contribution < 1.29 is 14.3 Å². The van der Waals surface area contributed by atoms with Gasteiger partial charge >= 0.3 is 6.03 Å². The van der Waals surface area contributed by atoms with Crippen LogP contribution in [0.5, 0.6) is 11.5 Å². The highest BCUT2D eigenvalue weighted by molar-refractivity contribution is 5.89. The fourth-order valence-electron chi connectivity index (χ4n) is 3.11. The van der Waals surface area contributed by atoms with Crippen LogP contribution in [-0.2, 0) is 6.54 Å². The van der Waals surface area contributed by atoms with Crippen LogP contribution in [0, 0.1) is 5.92 Å². The monoisotopic (exact) mass is 344 g/mol. The Morgan fingerprint density at radius 1 is 1.24 bits per heavy atom. The summed E-state index contributed by atoms with van der Waals surface area (Å²) in [5.74, 6) is 1.79. The maximum Gasteiger partial charge on any atom is 0.321 e. The van der Waals surface area contributed by atoms with Crippen LogP contribution in [0.1, 0.15) is 12.8 Å². The molecule has 134 valence electrons. The Balaban J connectivity index is 1.52. The number of aromatic nitrogens is 2. The number of nitrogens with one attached hydrogen (secondary N) is 1. The summed E-state index contributed by atoms with van der Waals surface area (Å²) >= 11 is 0. The zero-order chi connectivity index (χ0) is 17.6. The van der Waals surface area contributed by atoms with E-state index in [0.29, 0.717) is 23.1 Å². The van der Waals surface area contributed by atoms with Gasteiger partial charge in [-0.15, -0.1) is 0 Å². The number of rotatable bonds is 5. The molecule has 0 unspecified atom stereocenters. The van der Waals surface area contributed by atoms with Gasteiger partial charge in [-0.25, -0.2) is 4.79 Å². The predicted molar refractivity (Wildman–Crippen MR) is 95.1 cm³/mol. The fourth-order valence-corrected chi connectivity index (χ4v) is 3.11. The third kappa shape index (κ3) is 4.23. The van der Waals surface area contributed by atoms with Crippen molar-refractivity contribution in [1.82, 2.24) is 14.7 Å². The van der Waals surface area contributed by atoms with Gasteiger partial charge in [0.1, 0.15) is 0 Å². The minimum atomic E-state index is -0.0789. The number of carbonyl (C=O) groups is 1. The number of amides is 2. The van der Waals surface area contributed by atoms with Crippen molar-refractivity contribution >= 4 is 11.7 Å². The van der Waals surface area contributed by atoms with Crippen LogP contribution in [0.3, 0.4) is 0 Å². The van der Waals surface area contributed by atoms with Crippen molar-refractivity contribution in [3.05, 3.63) is 36.7 Å². The van der Waals surface area contributed by atoms with Gasteiger partial charge in [0.25, 0.3) is 0 Å². The van der Waals surface area contributed by atoms with E-state index in [0.717, 1.165) is 32.5 Å². The SMILES string of the molecule is COc1ccc(NC(=O)N2CCC(Cn3cccn3)CC2)cc1OC. The average molecular weight is 344 g/mol. The summed E-state index contributed by atoms with van der Waals surface area (Å²) in [7, 11) is 3.16. The van der Waals surface area contributed by atoms with Crippen molar-refractivity contribution in [1.29, 1.82) is 0 Å². The largest absolute Gasteiger partial charge is 0.493 e. The van der Waals surface area contributed by atoms with Crippen LogP contribution in [-0.4, -0.2) is 48.0 Å². The molecule has 1 aromatic carbocycles. The highest BCUT2D eigenvalue weighted by Gasteiger charge is 2.23. The molecule has 1 aliphatic heterocycles. The molecule has 0 bridgehead atoms. The normalized spacial score (nSPS) is 15.0. The fraction of sp³-hybridized carbons (Fsp3) is 0.444. The molecule has 1 saturated heterocycles. The molecule has 1 fully saturated rings. The highest BCUT2D eigenvalue weighted by atomic mass is 16.5. The number of nitrogens with zero attached hydrogens (tertiary/aromatic N) is 3. The predicted octanol–water partition coefficient (Wildman–Crippen LogP) is 2.84. The molecule has 2 amide bonds. The second kappa shape index (κ2) is 7.92. The standard InChI is InChI=1S/C18H24N4O3/c1-24-16-5-4-15(12-17(16)25-2)20-18(23)21-10-6-14(7-11-21)13-22-9-3-8-19-22/h3-5,8-9,12,14H,6-7,10-11,13H2,1-2H3,(H,20,23). The van der Waals surface area contributed by atoms with Crippen molar-refractivity contribution in [3.63, 3.8) is 0 Å². The molecule has 1 aromatic heterocycles. The third-order valence-corrected chi connectivity index (χ3v) is 4.54. The summed E-state index contributed by atoms with van der Waals surface area (Å²) in [4.78, 5) is 14.3. The van der Waals surface area contributed by atoms with E-state index in [1.807, 2.05) is 27.9 Å². The van der Waals surface area contributed by atoms with Crippen LogP contribution in [0.4, 0.5) is 10.5 Å². The Morgan fingerprint density at radius 3 is 2.64 bits per heavy atom. The molecule has 2 heterocycles. The van der Waals surface area contributed by atoms with Gasteiger partial charge in [-0.05, 0) is 37.0 Å². The zero-order valence-electron chi connectivity index (χ0n) is 14.6. The van der Waals surface area contributed by atoms with E-state index in [9.17, 15) is 4.79 Å². The van der Waals surface area contributed by atoms with Gasteiger partial charge in [-0.1, -0.05) is 0 Å². The van der Waals surface area contributed by atoms with Crippen LogP contribution in [0.2, 0.25) is 0 Å². The molecule has 0 aliphatic carbocycles. The summed E-state index contributed by atoms with van der Waals surface area (Å²) in [6.07, 6.45) is 5.75. The van der Waals surface area contributed by atoms with Crippen molar-refractivity contribution in [2.45, 2.75) is 19.4 Å². The Kier molecular flexibility index (Phi) is 5.42. The molecule has 0 saturated carbocycles. The number of urea groups is 1. The maximum absolute atomic E-state index is 12.5. The minimum absolute atomic E-state index is 0.0789. The van der Waals surface area contributed by atoms with Gasteiger partial charge in [0, 0.05) is 43.8 Å². The van der Waals surface area contributed by atoms with Gasteiger partial charge in [0.2, 0.25) is 0 Å². The number of hydrogen-bond donors (Lipinski definition) is 1. The van der Waals surface area contributed by atoms with Crippen molar-refractivity contribution in [2.24, 2.45) is 5.92 Å². The molecule has 2 aromatic rings. The van der Waals surface area contributed by atoms with E-state index in [2.05, 4.69) is 10.4 Å². The molecule has 0 atom stereocenters. The molecule has 7 heteroatoms. The number of benzene rings is 1. The minimum Gasteiger partial charge on any atom is -0.493 e. The molecular weight excluding hydrogens is 320 g/mol. The first-order valence-corrected chi connectivity index (χ1v) is 8.45. The number of piperidine rings is 1. The maximum atomic E-state index is 12.5. The topological polar surface area (TPSA) is 68.6 Å². The summed E-state index contributed by atoms with van der Waals surface area (Å²) in [6.45, 7) is 2.42. The molecule has 3 rings (SSSR count). The number of ether oxygens (including phenoxy) is 2. The van der Waals surface area contributed by atoms with Crippen molar-refractivity contribution in [2.75, 3.05) is 32.6 Å². The first kappa shape index (κ1) is 17.1. The van der Waals surface area contributed by atoms with Crippen LogP contribution in [0.25, 0.3) is 0 Å². The van der Waals surface area contributed by atoms with E-state index in [-0.39, 0.29) is 6.03 Å². The lowest BCUT2D eigenvalue weighted by atomic mass is 9.97. The van der Waals surface area contributed by atoms with Gasteiger partial charge in [-0.3, -0.25) is 4.68 Å². The molecule has 25 heavy (non-hydrogen) atoms. The van der Waals surface area contributed by atoms with E-state index < -0.39 is 0 Å². The summed E-state index contributed by atoms with van der Waals surface area (Å²) in [5.41, 5.74) is 0.696. The Bertz CT molecular complexity index is 694. The van der Waals surface area contributed by atoms with Crippen molar-refractivity contribution in [3.8, 4) is 11.5 Å². The summed E-state index contributed by atoms with van der Waals surface area (Å²) < 4.78 is 12.4. The molecule has 7 nitrogen and oxygen atoms in total. The summed E-state index contributed by atoms with van der Waals surface area (Å²) in [5, 5.41) is 7.18. The Labute approximate surface area is 147 Å². The number of anilines is 1. The number of carbonyl (C=O) groups excluding carboxylic acids is 1. The Morgan fingerprint density at radius 2 is 2.00 bits per heavy atom. The first-order valence-electron chi connectivity index (χ1n) is 8.45. The van der Waals surface area contributed by atoms with Crippen LogP contribution >= 0.6 is 0 Å². The smallest absolute Gasteiger partial charge is 0.321 e. The van der Waals surface area contributed by atoms with E-state index >= 15 is 0 Å². The molecule has 0 radical (unpaired) electrons. The average Bonchev–Trinajstić information content (AvgIpc) is 3.15. The lowest BCUT2D eigenvalue weighted by Crippen LogP contribution is -2.41. The number of methoxy groups -OCH3 is 2. The lowest BCUT2D eigenvalue weighted by molar-refractivity contribution is 0.175. The van der Waals surface area contributed by atoms with E-state index in [1.54, 1.807) is 32.5 Å². The Hall–Kier alpha value is -2.70. The van der Waals surface area contributed by atoms with E-state index in [1.165, 1.54) is 0 Å². The van der Waals surface area contributed by atoms with Gasteiger partial charge < -0.3 is 19.7 Å². The number of likely N-dealkylation sites (tertiary alicyclic amines) is 1. The molecular formula is C18H24N4O3. The second-order valence-electron chi connectivity index (χ2n) is 6.16. The number of hydrogen-bond acceptors (Lipinski definition) is 4. The molecule has 1 aliphatic rings. The van der Waals surface area contributed by atoms with Gasteiger partial charge in [0.05, 0.1) is 14.2 Å². The second-order valence-corrected chi connectivity index (χ2v) is 6.16. The van der Waals surface area contributed by atoms with E-state index in [4.69, 9.17) is 9.47 Å². The van der Waals surface area contributed by atoms with Crippen LogP contribution in [0.15, 0.2) is 36.7 Å². The third-order valence-electron chi connectivity index (χ3n) is 4.54. The quantitative estimate of drug-likeness (QED) is 0.905. The molecule has 1 N–H and O–H groups in total. The highest BCUT2D eigenvalue weighted by Crippen LogP contribution is 2.30. The van der Waals surface area contributed by atoms with Crippen LogP contribution < -0.4 is 14.8 Å². The van der Waals surface area contributed by atoms with Gasteiger partial charge in [-0.2, -0.15) is 5.10 Å². The lowest BCUT2D eigenvalue weighted by Gasteiger charge is -2.32.